The molecule has 26 heavy (non-hydrogen) atoms. The average molecular weight is 389 g/mol. The number of carbonyl (C=O) groups is 1. The minimum Gasteiger partial charge on any atom is -0.426 e. The first-order valence-corrected chi connectivity index (χ1v) is 12.4. The van der Waals surface area contributed by atoms with E-state index in [9.17, 15) is 18.0 Å². The molecule has 0 saturated carbocycles. The van der Waals surface area contributed by atoms with Crippen LogP contribution < -0.4 is 9.47 Å². The third-order valence-electron chi connectivity index (χ3n) is 5.19. The first kappa shape index (κ1) is 20.8. The van der Waals surface area contributed by atoms with E-state index in [2.05, 4.69) is 18.2 Å². The van der Waals surface area contributed by atoms with Crippen molar-refractivity contribution in [2.75, 3.05) is 0 Å². The smallest absolute Gasteiger partial charge is 0.426 e. The molecular formula is C19H27F3O3Si. The Balaban J connectivity index is 1.82. The Labute approximate surface area is 153 Å². The van der Waals surface area contributed by atoms with Crippen LogP contribution in [-0.2, 0) is 4.79 Å². The topological polar surface area (TPSA) is 35.5 Å². The molecule has 0 amide bonds. The number of halogens is 3. The average Bonchev–Trinajstić information content (AvgIpc) is 2.56. The largest absolute Gasteiger partial charge is 0.573 e. The van der Waals surface area contributed by atoms with Crippen LogP contribution in [-0.4, -0.2) is 20.4 Å². The van der Waals surface area contributed by atoms with Gasteiger partial charge in [0, 0.05) is 0 Å². The van der Waals surface area contributed by atoms with Crippen molar-refractivity contribution >= 4 is 14.0 Å². The highest BCUT2D eigenvalue weighted by Gasteiger charge is 2.36. The molecule has 0 aliphatic carbocycles. The van der Waals surface area contributed by atoms with Gasteiger partial charge in [0.25, 0.3) is 0 Å². The summed E-state index contributed by atoms with van der Waals surface area (Å²) in [5, 5.41) is 0. The second-order valence-electron chi connectivity index (χ2n) is 7.48. The van der Waals surface area contributed by atoms with Crippen molar-refractivity contribution in [2.24, 2.45) is 5.92 Å². The Kier molecular flexibility index (Phi) is 7.14. The fourth-order valence-electron chi connectivity index (χ4n) is 3.51. The molecule has 0 radical (unpaired) electrons. The zero-order chi connectivity index (χ0) is 19.2. The van der Waals surface area contributed by atoms with Gasteiger partial charge in [0.2, 0.25) is 0 Å². The Morgan fingerprint density at radius 2 is 1.69 bits per heavy atom. The van der Waals surface area contributed by atoms with Crippen LogP contribution >= 0.6 is 0 Å². The molecule has 0 bridgehead atoms. The lowest BCUT2D eigenvalue weighted by Crippen LogP contribution is -2.37. The maximum atomic E-state index is 12.3. The molecule has 0 atom stereocenters. The van der Waals surface area contributed by atoms with Crippen molar-refractivity contribution in [1.82, 2.24) is 0 Å². The lowest BCUT2D eigenvalue weighted by atomic mass is 10.0. The molecule has 3 nitrogen and oxygen atoms in total. The van der Waals surface area contributed by atoms with Crippen LogP contribution in [0.5, 0.6) is 11.5 Å². The highest BCUT2D eigenvalue weighted by molar-refractivity contribution is 6.78. The van der Waals surface area contributed by atoms with Crippen LogP contribution in [0.25, 0.3) is 0 Å². The minimum atomic E-state index is -4.73. The summed E-state index contributed by atoms with van der Waals surface area (Å²) in [4.78, 5) is 12.3. The highest BCUT2D eigenvalue weighted by Crippen LogP contribution is 2.37. The van der Waals surface area contributed by atoms with Gasteiger partial charge in [-0.3, -0.25) is 4.79 Å². The normalized spacial score (nSPS) is 23.5. The van der Waals surface area contributed by atoms with Gasteiger partial charge in [-0.05, 0) is 37.1 Å². The SMILES string of the molecule is CCCCC[Si]1(C)CCC(C(=O)Oc2ccc(OC(F)(F)F)cc2)CC1. The summed E-state index contributed by atoms with van der Waals surface area (Å²) >= 11 is 0. The van der Waals surface area contributed by atoms with Gasteiger partial charge >= 0.3 is 12.3 Å². The highest BCUT2D eigenvalue weighted by atomic mass is 28.3. The number of benzene rings is 1. The van der Waals surface area contributed by atoms with E-state index >= 15 is 0 Å². The number of esters is 1. The number of rotatable bonds is 7. The monoisotopic (exact) mass is 388 g/mol. The lowest BCUT2D eigenvalue weighted by Gasteiger charge is -2.35. The quantitative estimate of drug-likeness (QED) is 0.242. The molecule has 1 fully saturated rings. The summed E-state index contributed by atoms with van der Waals surface area (Å²) < 4.78 is 45.6. The third-order valence-corrected chi connectivity index (χ3v) is 9.74. The molecule has 146 valence electrons. The van der Waals surface area contributed by atoms with Gasteiger partial charge < -0.3 is 9.47 Å². The van der Waals surface area contributed by atoms with Gasteiger partial charge in [0.1, 0.15) is 11.5 Å². The van der Waals surface area contributed by atoms with Crippen molar-refractivity contribution in [3.8, 4) is 11.5 Å². The summed E-state index contributed by atoms with van der Waals surface area (Å²) in [6.45, 7) is 4.64. The molecule has 1 aromatic carbocycles. The van der Waals surface area contributed by atoms with Crippen LogP contribution in [0, 0.1) is 5.92 Å². The van der Waals surface area contributed by atoms with Crippen molar-refractivity contribution in [3.05, 3.63) is 24.3 Å². The predicted molar refractivity (Wildman–Crippen MR) is 97.0 cm³/mol. The third kappa shape index (κ3) is 6.66. The Bertz CT molecular complexity index is 579. The zero-order valence-electron chi connectivity index (χ0n) is 15.4. The lowest BCUT2D eigenvalue weighted by molar-refractivity contribution is -0.274. The Hall–Kier alpha value is -1.50. The number of alkyl halides is 3. The van der Waals surface area contributed by atoms with Gasteiger partial charge in [-0.1, -0.05) is 50.9 Å². The molecule has 0 aromatic heterocycles. The first-order chi connectivity index (χ1) is 12.2. The standard InChI is InChI=1S/C19H27F3O3Si/c1-3-4-5-12-26(2)13-10-15(11-14-26)18(23)24-16-6-8-17(9-7-16)25-19(20,21)22/h6-9,15H,3-5,10-14H2,1-2H3. The summed E-state index contributed by atoms with van der Waals surface area (Å²) in [5.74, 6) is -0.464. The van der Waals surface area contributed by atoms with E-state index in [4.69, 9.17) is 4.74 Å². The molecule has 0 spiro atoms. The van der Waals surface area contributed by atoms with E-state index in [0.29, 0.717) is 0 Å². The Morgan fingerprint density at radius 3 is 2.23 bits per heavy atom. The molecule has 7 heteroatoms. The minimum absolute atomic E-state index is 0.104. The number of unbranched alkanes of at least 4 members (excludes halogenated alkanes) is 2. The molecular weight excluding hydrogens is 361 g/mol. The zero-order valence-corrected chi connectivity index (χ0v) is 16.4. The van der Waals surface area contributed by atoms with E-state index in [-0.39, 0.29) is 23.4 Å². The van der Waals surface area contributed by atoms with Crippen molar-refractivity contribution < 1.29 is 27.4 Å². The van der Waals surface area contributed by atoms with Crippen molar-refractivity contribution in [2.45, 2.75) is 70.1 Å². The van der Waals surface area contributed by atoms with Crippen LogP contribution in [0.4, 0.5) is 13.2 Å². The molecule has 0 unspecified atom stereocenters. The molecule has 2 rings (SSSR count). The van der Waals surface area contributed by atoms with Gasteiger partial charge in [0.05, 0.1) is 14.0 Å². The van der Waals surface area contributed by atoms with Crippen LogP contribution in [0.1, 0.15) is 39.0 Å². The molecule has 1 aromatic rings. The van der Waals surface area contributed by atoms with E-state index in [0.717, 1.165) is 37.1 Å². The van der Waals surface area contributed by atoms with E-state index in [1.54, 1.807) is 0 Å². The first-order valence-electron chi connectivity index (χ1n) is 9.28. The summed E-state index contributed by atoms with van der Waals surface area (Å²) in [5.41, 5.74) is 0. The van der Waals surface area contributed by atoms with Gasteiger partial charge in [0.15, 0.2) is 0 Å². The number of hydrogen-bond acceptors (Lipinski definition) is 3. The maximum Gasteiger partial charge on any atom is 0.573 e. The molecule has 1 heterocycles. The predicted octanol–water partition coefficient (Wildman–Crippen LogP) is 6.17. The van der Waals surface area contributed by atoms with Crippen LogP contribution in [0.2, 0.25) is 24.7 Å². The second kappa shape index (κ2) is 8.93. The fraction of sp³-hybridized carbons (Fsp3) is 0.632. The summed E-state index contributed by atoms with van der Waals surface area (Å²) in [6.07, 6.45) is 0.800. The van der Waals surface area contributed by atoms with Crippen molar-refractivity contribution in [1.29, 1.82) is 0 Å². The molecule has 1 saturated heterocycles. The van der Waals surface area contributed by atoms with Crippen LogP contribution in [0.3, 0.4) is 0 Å². The van der Waals surface area contributed by atoms with E-state index < -0.39 is 14.4 Å². The number of carbonyl (C=O) groups excluding carboxylic acids is 1. The van der Waals surface area contributed by atoms with Gasteiger partial charge in [-0.2, -0.15) is 0 Å². The second-order valence-corrected chi connectivity index (χ2v) is 12.6. The summed E-state index contributed by atoms with van der Waals surface area (Å²) in [6, 6.07) is 8.58. The van der Waals surface area contributed by atoms with E-state index in [1.165, 1.54) is 37.4 Å². The maximum absolute atomic E-state index is 12.3. The number of hydrogen-bond donors (Lipinski definition) is 0. The van der Waals surface area contributed by atoms with Crippen molar-refractivity contribution in [3.63, 3.8) is 0 Å². The molecule has 0 N–H and O–H groups in total. The van der Waals surface area contributed by atoms with Gasteiger partial charge in [-0.25, -0.2) is 0 Å². The summed E-state index contributed by atoms with van der Waals surface area (Å²) in [7, 11) is -1.21. The Morgan fingerprint density at radius 1 is 1.12 bits per heavy atom. The fourth-order valence-corrected chi connectivity index (χ4v) is 7.46. The van der Waals surface area contributed by atoms with Crippen LogP contribution in [0.15, 0.2) is 24.3 Å². The number of ether oxygens (including phenoxy) is 2. The van der Waals surface area contributed by atoms with Gasteiger partial charge in [-0.15, -0.1) is 13.2 Å². The molecule has 1 aliphatic rings. The molecule has 1 aliphatic heterocycles. The van der Waals surface area contributed by atoms with E-state index in [1.807, 2.05) is 0 Å².